The van der Waals surface area contributed by atoms with Gasteiger partial charge in [0.1, 0.15) is 0 Å². The fourth-order valence-corrected chi connectivity index (χ4v) is 3.00. The van der Waals surface area contributed by atoms with Crippen molar-refractivity contribution in [1.82, 2.24) is 5.32 Å². The van der Waals surface area contributed by atoms with Gasteiger partial charge in [-0.25, -0.2) is 0 Å². The Kier molecular flexibility index (Phi) is 5.84. The van der Waals surface area contributed by atoms with Crippen molar-refractivity contribution in [3.8, 4) is 0 Å². The molecule has 1 unspecified atom stereocenters. The van der Waals surface area contributed by atoms with Gasteiger partial charge in [0.25, 0.3) is 0 Å². The smallest absolute Gasteiger partial charge is 0.0594 e. The first-order valence-corrected chi connectivity index (χ1v) is 8.18. The van der Waals surface area contributed by atoms with E-state index in [1.807, 2.05) is 12.1 Å². The molecule has 2 aromatic carbocycles. The van der Waals surface area contributed by atoms with Crippen LogP contribution in [0.2, 0.25) is 5.02 Å². The predicted octanol–water partition coefficient (Wildman–Crippen LogP) is 5.16. The summed E-state index contributed by atoms with van der Waals surface area (Å²) in [6.45, 7) is 7.46. The van der Waals surface area contributed by atoms with E-state index in [2.05, 4.69) is 56.4 Å². The van der Waals surface area contributed by atoms with Crippen LogP contribution in [0.4, 0.5) is 0 Å². The molecule has 1 atom stereocenters. The molecule has 0 spiro atoms. The molecular weight excluding hydrogens is 278 g/mol. The normalized spacial score (nSPS) is 12.4. The highest BCUT2D eigenvalue weighted by Gasteiger charge is 2.18. The molecule has 0 saturated carbocycles. The molecule has 0 saturated heterocycles. The molecule has 0 fully saturated rings. The lowest BCUT2D eigenvalue weighted by Gasteiger charge is -2.23. The average molecular weight is 302 g/mol. The number of rotatable bonds is 6. The van der Waals surface area contributed by atoms with E-state index < -0.39 is 0 Å². The molecule has 21 heavy (non-hydrogen) atoms. The van der Waals surface area contributed by atoms with E-state index in [0.717, 1.165) is 30.0 Å². The van der Waals surface area contributed by atoms with Gasteiger partial charge in [-0.1, -0.05) is 68.8 Å². The Balaban J connectivity index is 2.54. The summed E-state index contributed by atoms with van der Waals surface area (Å²) in [5.41, 5.74) is 5.27. The third kappa shape index (κ3) is 3.66. The standard InChI is InChI=1S/C19H24ClN/c1-4-14-11-12-15(5-2)17(13-14)19(21-6-3)16-9-7-8-10-18(16)20/h7-13,19,21H,4-6H2,1-3H3. The minimum absolute atomic E-state index is 0.158. The highest BCUT2D eigenvalue weighted by Crippen LogP contribution is 2.31. The highest BCUT2D eigenvalue weighted by molar-refractivity contribution is 6.31. The summed E-state index contributed by atoms with van der Waals surface area (Å²) < 4.78 is 0. The second-order valence-electron chi connectivity index (χ2n) is 5.25. The molecule has 2 aromatic rings. The van der Waals surface area contributed by atoms with Crippen LogP contribution in [0.25, 0.3) is 0 Å². The monoisotopic (exact) mass is 301 g/mol. The van der Waals surface area contributed by atoms with Gasteiger partial charge in [0, 0.05) is 5.02 Å². The molecule has 0 bridgehead atoms. The molecule has 1 N–H and O–H groups in total. The second-order valence-corrected chi connectivity index (χ2v) is 5.66. The molecule has 2 rings (SSSR count). The van der Waals surface area contributed by atoms with E-state index in [1.54, 1.807) is 0 Å². The molecular formula is C19H24ClN. The Labute approximate surface area is 133 Å². The van der Waals surface area contributed by atoms with Gasteiger partial charge in [-0.3, -0.25) is 0 Å². The Morgan fingerprint density at radius 3 is 2.33 bits per heavy atom. The van der Waals surface area contributed by atoms with Crippen LogP contribution < -0.4 is 5.32 Å². The van der Waals surface area contributed by atoms with Crippen LogP contribution in [-0.4, -0.2) is 6.54 Å². The maximum absolute atomic E-state index is 6.43. The van der Waals surface area contributed by atoms with Gasteiger partial charge >= 0.3 is 0 Å². The van der Waals surface area contributed by atoms with Gasteiger partial charge in [-0.2, -0.15) is 0 Å². The Morgan fingerprint density at radius 1 is 0.952 bits per heavy atom. The first-order chi connectivity index (χ1) is 10.2. The molecule has 0 aliphatic heterocycles. The number of hydrogen-bond donors (Lipinski definition) is 1. The van der Waals surface area contributed by atoms with Crippen molar-refractivity contribution >= 4 is 11.6 Å². The fraction of sp³-hybridized carbons (Fsp3) is 0.368. The van der Waals surface area contributed by atoms with Crippen molar-refractivity contribution in [2.75, 3.05) is 6.54 Å². The Bertz CT molecular complexity index is 592. The lowest BCUT2D eigenvalue weighted by Crippen LogP contribution is -2.23. The van der Waals surface area contributed by atoms with E-state index in [-0.39, 0.29) is 6.04 Å². The fourth-order valence-electron chi connectivity index (χ4n) is 2.76. The number of benzene rings is 2. The van der Waals surface area contributed by atoms with E-state index in [9.17, 15) is 0 Å². The van der Waals surface area contributed by atoms with Crippen LogP contribution in [0.5, 0.6) is 0 Å². The lowest BCUT2D eigenvalue weighted by atomic mass is 9.91. The number of nitrogens with one attached hydrogen (secondary N) is 1. The molecule has 0 radical (unpaired) electrons. The first-order valence-electron chi connectivity index (χ1n) is 7.80. The SMILES string of the molecule is CCNC(c1ccccc1Cl)c1cc(CC)ccc1CC. The summed E-state index contributed by atoms with van der Waals surface area (Å²) in [5.74, 6) is 0. The zero-order valence-corrected chi connectivity index (χ0v) is 13.9. The summed E-state index contributed by atoms with van der Waals surface area (Å²) >= 11 is 6.43. The first kappa shape index (κ1) is 16.1. The molecule has 2 heteroatoms. The molecule has 0 aliphatic carbocycles. The summed E-state index contributed by atoms with van der Waals surface area (Å²) in [4.78, 5) is 0. The van der Waals surface area contributed by atoms with E-state index in [0.29, 0.717) is 0 Å². The molecule has 0 aliphatic rings. The van der Waals surface area contributed by atoms with E-state index in [4.69, 9.17) is 11.6 Å². The van der Waals surface area contributed by atoms with Crippen LogP contribution in [0.15, 0.2) is 42.5 Å². The zero-order chi connectivity index (χ0) is 15.2. The Hall–Kier alpha value is -1.31. The molecule has 1 nitrogen and oxygen atoms in total. The van der Waals surface area contributed by atoms with Crippen molar-refractivity contribution in [2.45, 2.75) is 39.7 Å². The highest BCUT2D eigenvalue weighted by atomic mass is 35.5. The van der Waals surface area contributed by atoms with Crippen LogP contribution >= 0.6 is 11.6 Å². The topological polar surface area (TPSA) is 12.0 Å². The summed E-state index contributed by atoms with van der Waals surface area (Å²) in [6, 6.07) is 15.1. The van der Waals surface area contributed by atoms with E-state index in [1.165, 1.54) is 16.7 Å². The summed E-state index contributed by atoms with van der Waals surface area (Å²) in [6.07, 6.45) is 2.09. The average Bonchev–Trinajstić information content (AvgIpc) is 2.53. The minimum atomic E-state index is 0.158. The van der Waals surface area contributed by atoms with Gasteiger partial charge in [0.2, 0.25) is 0 Å². The summed E-state index contributed by atoms with van der Waals surface area (Å²) in [7, 11) is 0. The quantitative estimate of drug-likeness (QED) is 0.776. The molecule has 0 amide bonds. The number of hydrogen-bond acceptors (Lipinski definition) is 1. The van der Waals surface area contributed by atoms with Gasteiger partial charge in [0.15, 0.2) is 0 Å². The largest absolute Gasteiger partial charge is 0.306 e. The predicted molar refractivity (Wildman–Crippen MR) is 92.2 cm³/mol. The molecule has 0 aromatic heterocycles. The zero-order valence-electron chi connectivity index (χ0n) is 13.1. The maximum atomic E-state index is 6.43. The van der Waals surface area contributed by atoms with E-state index >= 15 is 0 Å². The van der Waals surface area contributed by atoms with Crippen molar-refractivity contribution < 1.29 is 0 Å². The number of halogens is 1. The van der Waals surface area contributed by atoms with Crippen molar-refractivity contribution in [3.63, 3.8) is 0 Å². The van der Waals surface area contributed by atoms with Crippen molar-refractivity contribution in [1.29, 1.82) is 0 Å². The van der Waals surface area contributed by atoms with Crippen LogP contribution in [-0.2, 0) is 12.8 Å². The minimum Gasteiger partial charge on any atom is -0.306 e. The van der Waals surface area contributed by atoms with Crippen LogP contribution in [0, 0.1) is 0 Å². The third-order valence-electron chi connectivity index (χ3n) is 3.93. The van der Waals surface area contributed by atoms with Crippen LogP contribution in [0.1, 0.15) is 49.1 Å². The Morgan fingerprint density at radius 2 is 1.71 bits per heavy atom. The van der Waals surface area contributed by atoms with Crippen molar-refractivity contribution in [3.05, 3.63) is 69.7 Å². The van der Waals surface area contributed by atoms with Gasteiger partial charge in [0.05, 0.1) is 6.04 Å². The van der Waals surface area contributed by atoms with Crippen molar-refractivity contribution in [2.24, 2.45) is 0 Å². The maximum Gasteiger partial charge on any atom is 0.0594 e. The third-order valence-corrected chi connectivity index (χ3v) is 4.28. The molecule has 112 valence electrons. The van der Waals surface area contributed by atoms with Gasteiger partial charge in [-0.05, 0) is 47.7 Å². The second kappa shape index (κ2) is 7.63. The molecule has 0 heterocycles. The van der Waals surface area contributed by atoms with Gasteiger partial charge in [-0.15, -0.1) is 0 Å². The van der Waals surface area contributed by atoms with Crippen LogP contribution in [0.3, 0.4) is 0 Å². The lowest BCUT2D eigenvalue weighted by molar-refractivity contribution is 0.625. The summed E-state index contributed by atoms with van der Waals surface area (Å²) in [5, 5.41) is 4.42. The van der Waals surface area contributed by atoms with Gasteiger partial charge < -0.3 is 5.32 Å². The number of aryl methyl sites for hydroxylation is 2.